The van der Waals surface area contributed by atoms with Gasteiger partial charge in [-0.2, -0.15) is 0 Å². The molecular weight excluding hydrogens is 284 g/mol. The van der Waals surface area contributed by atoms with Crippen molar-refractivity contribution in [2.45, 2.75) is 6.42 Å². The molecular formula is C16H12N2O2S. The van der Waals surface area contributed by atoms with Crippen molar-refractivity contribution in [1.29, 1.82) is 0 Å². The lowest BCUT2D eigenvalue weighted by molar-refractivity contribution is -0.123. The van der Waals surface area contributed by atoms with Crippen molar-refractivity contribution in [3.63, 3.8) is 0 Å². The van der Waals surface area contributed by atoms with Gasteiger partial charge in [-0.3, -0.25) is 9.59 Å². The van der Waals surface area contributed by atoms with Crippen LogP contribution in [-0.2, 0) is 9.59 Å². The number of amides is 2. The summed E-state index contributed by atoms with van der Waals surface area (Å²) in [5.41, 5.74) is 0.844. The molecule has 1 saturated carbocycles. The summed E-state index contributed by atoms with van der Waals surface area (Å²) in [7, 11) is 0. The zero-order chi connectivity index (χ0) is 14.1. The second-order valence-electron chi connectivity index (χ2n) is 5.98. The van der Waals surface area contributed by atoms with Gasteiger partial charge in [0.1, 0.15) is 0 Å². The van der Waals surface area contributed by atoms with Gasteiger partial charge < -0.3 is 0 Å². The van der Waals surface area contributed by atoms with Crippen LogP contribution in [-0.4, -0.2) is 16.8 Å². The monoisotopic (exact) mass is 296 g/mol. The fourth-order valence-corrected chi connectivity index (χ4v) is 5.02. The van der Waals surface area contributed by atoms with Crippen molar-refractivity contribution in [3.8, 4) is 0 Å². The molecule has 1 aliphatic heterocycles. The first-order chi connectivity index (χ1) is 10.2. The first-order valence-corrected chi connectivity index (χ1v) is 7.97. The number of carbonyl (C=O) groups is 2. The molecule has 2 bridgehead atoms. The Morgan fingerprint density at radius 2 is 1.71 bits per heavy atom. The van der Waals surface area contributed by atoms with E-state index in [1.54, 1.807) is 0 Å². The Labute approximate surface area is 125 Å². The summed E-state index contributed by atoms with van der Waals surface area (Å²) in [6.07, 6.45) is 5.18. The zero-order valence-corrected chi connectivity index (χ0v) is 11.9. The third-order valence-corrected chi connectivity index (χ3v) is 5.97. The third-order valence-electron chi connectivity index (χ3n) is 4.94. The highest BCUT2D eigenvalue weighted by atomic mass is 32.1. The van der Waals surface area contributed by atoms with Crippen LogP contribution < -0.4 is 4.90 Å². The number of hydrogen-bond donors (Lipinski definition) is 0. The summed E-state index contributed by atoms with van der Waals surface area (Å²) in [5.74, 6) is 0.0764. The predicted molar refractivity (Wildman–Crippen MR) is 79.8 cm³/mol. The fourth-order valence-electron chi connectivity index (χ4n) is 4.05. The minimum atomic E-state index is -0.153. The smallest absolute Gasteiger partial charge is 0.240 e. The van der Waals surface area contributed by atoms with E-state index in [0.29, 0.717) is 5.13 Å². The molecule has 0 N–H and O–H groups in total. The summed E-state index contributed by atoms with van der Waals surface area (Å²) in [5, 5.41) is 0.528. The topological polar surface area (TPSA) is 50.3 Å². The maximum Gasteiger partial charge on any atom is 0.240 e. The molecule has 2 heterocycles. The van der Waals surface area contributed by atoms with Crippen LogP contribution in [0.4, 0.5) is 5.13 Å². The Balaban J connectivity index is 1.61. The Morgan fingerprint density at radius 3 is 2.38 bits per heavy atom. The quantitative estimate of drug-likeness (QED) is 0.600. The number of anilines is 1. The third kappa shape index (κ3) is 1.37. The number of nitrogens with zero attached hydrogens (tertiary/aromatic N) is 2. The molecule has 1 saturated heterocycles. The van der Waals surface area contributed by atoms with E-state index >= 15 is 0 Å². The largest absolute Gasteiger partial charge is 0.274 e. The average Bonchev–Trinajstić information content (AvgIpc) is 3.21. The van der Waals surface area contributed by atoms with Gasteiger partial charge in [0.15, 0.2) is 5.13 Å². The lowest BCUT2D eigenvalue weighted by Gasteiger charge is -2.14. The van der Waals surface area contributed by atoms with Crippen LogP contribution >= 0.6 is 11.3 Å². The van der Waals surface area contributed by atoms with Crippen LogP contribution in [0.25, 0.3) is 10.2 Å². The number of fused-ring (bicyclic) bond motifs is 6. The van der Waals surface area contributed by atoms with Crippen molar-refractivity contribution < 1.29 is 9.59 Å². The molecule has 5 heteroatoms. The second-order valence-corrected chi connectivity index (χ2v) is 6.99. The zero-order valence-electron chi connectivity index (χ0n) is 11.1. The molecule has 3 aliphatic rings. The van der Waals surface area contributed by atoms with E-state index in [9.17, 15) is 9.59 Å². The Kier molecular flexibility index (Phi) is 2.10. The summed E-state index contributed by atoms with van der Waals surface area (Å²) in [4.78, 5) is 31.2. The molecule has 0 radical (unpaired) electrons. The van der Waals surface area contributed by atoms with E-state index in [0.717, 1.165) is 16.6 Å². The van der Waals surface area contributed by atoms with E-state index < -0.39 is 0 Å². The van der Waals surface area contributed by atoms with Crippen LogP contribution in [0.5, 0.6) is 0 Å². The number of imide groups is 1. The standard InChI is InChI=1S/C16H12N2O2S/c19-14-12-8-5-6-9(7-8)13(12)15(20)18(14)16-17-10-3-1-2-4-11(10)21-16/h1-6,8-9,12-13H,7H2/t8-,9-,12-,13+/m1/s1. The summed E-state index contributed by atoms with van der Waals surface area (Å²) in [6.45, 7) is 0. The Bertz CT molecular complexity index is 762. The van der Waals surface area contributed by atoms with E-state index in [4.69, 9.17) is 0 Å². The van der Waals surface area contributed by atoms with Gasteiger partial charge in [0.2, 0.25) is 11.8 Å². The number of aromatic nitrogens is 1. The van der Waals surface area contributed by atoms with E-state index in [-0.39, 0.29) is 35.5 Å². The first-order valence-electron chi connectivity index (χ1n) is 7.16. The molecule has 4 atom stereocenters. The number of carbonyl (C=O) groups excluding carboxylic acids is 2. The van der Waals surface area contributed by atoms with E-state index in [1.165, 1.54) is 16.2 Å². The van der Waals surface area contributed by atoms with Gasteiger partial charge in [-0.05, 0) is 30.4 Å². The van der Waals surface area contributed by atoms with Crippen molar-refractivity contribution in [1.82, 2.24) is 4.98 Å². The van der Waals surface area contributed by atoms with Crippen LogP contribution in [0.15, 0.2) is 36.4 Å². The van der Waals surface area contributed by atoms with Crippen molar-refractivity contribution in [2.75, 3.05) is 4.90 Å². The summed E-state index contributed by atoms with van der Waals surface area (Å²) < 4.78 is 1.01. The van der Waals surface area contributed by atoms with Crippen LogP contribution in [0.1, 0.15) is 6.42 Å². The molecule has 0 unspecified atom stereocenters. The Hall–Kier alpha value is -2.01. The van der Waals surface area contributed by atoms with Gasteiger partial charge in [-0.1, -0.05) is 35.6 Å². The highest BCUT2D eigenvalue weighted by molar-refractivity contribution is 7.22. The van der Waals surface area contributed by atoms with Crippen LogP contribution in [0, 0.1) is 23.7 Å². The van der Waals surface area contributed by atoms with Gasteiger partial charge in [-0.15, -0.1) is 0 Å². The van der Waals surface area contributed by atoms with Gasteiger partial charge in [-0.25, -0.2) is 9.88 Å². The summed E-state index contributed by atoms with van der Waals surface area (Å²) in [6, 6.07) is 7.73. The molecule has 2 amide bonds. The highest BCUT2D eigenvalue weighted by Gasteiger charge is 2.60. The molecule has 2 aromatic rings. The lowest BCUT2D eigenvalue weighted by atomic mass is 9.85. The molecule has 1 aromatic carbocycles. The fraction of sp³-hybridized carbons (Fsp3) is 0.312. The van der Waals surface area contributed by atoms with Crippen molar-refractivity contribution in [2.24, 2.45) is 23.7 Å². The lowest BCUT2D eigenvalue weighted by Crippen LogP contribution is -2.32. The van der Waals surface area contributed by atoms with Gasteiger partial charge >= 0.3 is 0 Å². The van der Waals surface area contributed by atoms with Gasteiger partial charge in [0.25, 0.3) is 0 Å². The first kappa shape index (κ1) is 11.6. The minimum Gasteiger partial charge on any atom is -0.274 e. The molecule has 2 fully saturated rings. The SMILES string of the molecule is O=C1[C@@H]2[C@H](C(=O)N1c1nc3ccccc3s1)[C@@H]1C=C[C@@H]2C1. The molecule has 21 heavy (non-hydrogen) atoms. The molecule has 2 aliphatic carbocycles. The summed E-state index contributed by atoms with van der Waals surface area (Å²) >= 11 is 1.42. The van der Waals surface area contributed by atoms with Crippen LogP contribution in [0.2, 0.25) is 0 Å². The van der Waals surface area contributed by atoms with E-state index in [1.807, 2.05) is 24.3 Å². The number of rotatable bonds is 1. The maximum absolute atomic E-state index is 12.7. The van der Waals surface area contributed by atoms with Crippen LogP contribution in [0.3, 0.4) is 0 Å². The number of para-hydroxylation sites is 1. The molecule has 104 valence electrons. The molecule has 1 aromatic heterocycles. The van der Waals surface area contributed by atoms with Crippen molar-refractivity contribution in [3.05, 3.63) is 36.4 Å². The molecule has 0 spiro atoms. The normalized spacial score (nSPS) is 33.4. The van der Waals surface area contributed by atoms with E-state index in [2.05, 4.69) is 17.1 Å². The predicted octanol–water partition coefficient (Wildman–Crippen LogP) is 2.61. The van der Waals surface area contributed by atoms with Gasteiger partial charge in [0, 0.05) is 0 Å². The van der Waals surface area contributed by atoms with Gasteiger partial charge in [0.05, 0.1) is 22.1 Å². The minimum absolute atomic E-state index is 0.0547. The highest BCUT2D eigenvalue weighted by Crippen LogP contribution is 2.53. The maximum atomic E-state index is 12.7. The second kappa shape index (κ2) is 3.80. The average molecular weight is 296 g/mol. The number of thiazole rings is 1. The van der Waals surface area contributed by atoms with Crippen molar-refractivity contribution >= 4 is 38.5 Å². The Morgan fingerprint density at radius 1 is 1.05 bits per heavy atom. The number of allylic oxidation sites excluding steroid dienone is 2. The molecule has 4 nitrogen and oxygen atoms in total. The number of benzene rings is 1. The molecule has 5 rings (SSSR count). The number of hydrogen-bond acceptors (Lipinski definition) is 4.